The van der Waals surface area contributed by atoms with Gasteiger partial charge in [0, 0.05) is 6.54 Å². The first-order valence-electron chi connectivity index (χ1n) is 7.44. The Morgan fingerprint density at radius 2 is 2.15 bits per heavy atom. The zero-order valence-corrected chi connectivity index (χ0v) is 13.1. The molecule has 1 N–H and O–H groups in total. The number of halogens is 1. The highest BCUT2D eigenvalue weighted by atomic mass is 35.5. The molecule has 0 aromatic heterocycles. The van der Waals surface area contributed by atoms with Crippen molar-refractivity contribution in [2.24, 2.45) is 0 Å². The second-order valence-corrected chi connectivity index (χ2v) is 5.81. The van der Waals surface area contributed by atoms with Crippen LogP contribution in [0, 0.1) is 6.92 Å². The molecule has 1 aliphatic rings. The molecule has 4 heteroatoms. The lowest BCUT2D eigenvalue weighted by atomic mass is 10.2. The maximum absolute atomic E-state index is 6.15. The first-order chi connectivity index (χ1) is 9.69. The van der Waals surface area contributed by atoms with Crippen LogP contribution in [0.4, 0.5) is 0 Å². The summed E-state index contributed by atoms with van der Waals surface area (Å²) in [6.07, 6.45) is 3.82. The quantitative estimate of drug-likeness (QED) is 0.781. The van der Waals surface area contributed by atoms with E-state index in [4.69, 9.17) is 21.1 Å². The zero-order valence-electron chi connectivity index (χ0n) is 12.3. The van der Waals surface area contributed by atoms with Crippen LogP contribution in [0.2, 0.25) is 5.02 Å². The fraction of sp³-hybridized carbons (Fsp3) is 0.625. The molecule has 112 valence electrons. The molecule has 0 radical (unpaired) electrons. The van der Waals surface area contributed by atoms with E-state index in [1.807, 2.05) is 25.1 Å². The van der Waals surface area contributed by atoms with E-state index in [0.29, 0.717) is 17.7 Å². The van der Waals surface area contributed by atoms with Crippen LogP contribution in [0.15, 0.2) is 18.2 Å². The topological polar surface area (TPSA) is 30.5 Å². The van der Waals surface area contributed by atoms with Crippen molar-refractivity contribution in [3.8, 4) is 5.75 Å². The fourth-order valence-electron chi connectivity index (χ4n) is 2.40. The first-order valence-corrected chi connectivity index (χ1v) is 7.82. The molecule has 1 heterocycles. The Bertz CT molecular complexity index is 425. The molecule has 0 aliphatic carbocycles. The Morgan fingerprint density at radius 3 is 2.90 bits per heavy atom. The van der Waals surface area contributed by atoms with Crippen molar-refractivity contribution in [1.29, 1.82) is 0 Å². The van der Waals surface area contributed by atoms with E-state index >= 15 is 0 Å². The summed E-state index contributed by atoms with van der Waals surface area (Å²) in [5.74, 6) is 0.744. The van der Waals surface area contributed by atoms with Crippen LogP contribution in [0.1, 0.15) is 31.7 Å². The molecule has 0 bridgehead atoms. The highest BCUT2D eigenvalue weighted by Crippen LogP contribution is 2.27. The molecule has 2 unspecified atom stereocenters. The van der Waals surface area contributed by atoms with Crippen molar-refractivity contribution < 1.29 is 9.47 Å². The molecular formula is C16H24ClNO2. The molecule has 0 spiro atoms. The maximum atomic E-state index is 6.15. The standard InChI is InChI=1S/C16H24ClNO2/c1-3-8-18-10-13-5-6-14(20-13)11-19-16-7-4-12(2)9-15(16)17/h4,7,9,13-14,18H,3,5-6,8,10-11H2,1-2H3. The Morgan fingerprint density at radius 1 is 1.35 bits per heavy atom. The molecule has 0 amide bonds. The number of rotatable bonds is 7. The Balaban J connectivity index is 1.72. The largest absolute Gasteiger partial charge is 0.489 e. The minimum Gasteiger partial charge on any atom is -0.489 e. The lowest BCUT2D eigenvalue weighted by molar-refractivity contribution is 0.0187. The second-order valence-electron chi connectivity index (χ2n) is 5.41. The molecule has 1 saturated heterocycles. The predicted molar refractivity (Wildman–Crippen MR) is 82.7 cm³/mol. The smallest absolute Gasteiger partial charge is 0.138 e. The molecule has 20 heavy (non-hydrogen) atoms. The van der Waals surface area contributed by atoms with Crippen LogP contribution in [-0.2, 0) is 4.74 Å². The van der Waals surface area contributed by atoms with Crippen LogP contribution in [0.3, 0.4) is 0 Å². The lowest BCUT2D eigenvalue weighted by Crippen LogP contribution is -2.28. The van der Waals surface area contributed by atoms with Crippen LogP contribution in [0.5, 0.6) is 5.75 Å². The molecule has 2 rings (SSSR count). The predicted octanol–water partition coefficient (Wildman–Crippen LogP) is 3.57. The molecule has 1 fully saturated rings. The molecule has 1 aromatic rings. The van der Waals surface area contributed by atoms with Crippen molar-refractivity contribution in [3.05, 3.63) is 28.8 Å². The molecule has 1 aliphatic heterocycles. The van der Waals surface area contributed by atoms with Crippen molar-refractivity contribution in [3.63, 3.8) is 0 Å². The van der Waals surface area contributed by atoms with E-state index in [2.05, 4.69) is 12.2 Å². The van der Waals surface area contributed by atoms with Gasteiger partial charge in [0.2, 0.25) is 0 Å². The molecule has 2 atom stereocenters. The van der Waals surface area contributed by atoms with Gasteiger partial charge in [-0.3, -0.25) is 0 Å². The number of aryl methyl sites for hydroxylation is 1. The number of nitrogens with one attached hydrogen (secondary N) is 1. The highest BCUT2D eigenvalue weighted by molar-refractivity contribution is 6.32. The van der Waals surface area contributed by atoms with Gasteiger partial charge in [0.1, 0.15) is 12.4 Å². The van der Waals surface area contributed by atoms with Crippen LogP contribution < -0.4 is 10.1 Å². The summed E-state index contributed by atoms with van der Waals surface area (Å²) in [4.78, 5) is 0. The van der Waals surface area contributed by atoms with E-state index in [9.17, 15) is 0 Å². The van der Waals surface area contributed by atoms with Crippen LogP contribution >= 0.6 is 11.6 Å². The molecular weight excluding hydrogens is 274 g/mol. The van der Waals surface area contributed by atoms with Crippen LogP contribution in [-0.4, -0.2) is 31.9 Å². The zero-order chi connectivity index (χ0) is 14.4. The summed E-state index contributed by atoms with van der Waals surface area (Å²) < 4.78 is 11.7. The van der Waals surface area contributed by atoms with Crippen molar-refractivity contribution in [2.75, 3.05) is 19.7 Å². The minimum absolute atomic E-state index is 0.181. The number of hydrogen-bond donors (Lipinski definition) is 1. The Kier molecular flexibility index (Phi) is 6.14. The van der Waals surface area contributed by atoms with E-state index < -0.39 is 0 Å². The Hall–Kier alpha value is -0.770. The van der Waals surface area contributed by atoms with Crippen molar-refractivity contribution in [2.45, 2.75) is 45.3 Å². The molecule has 1 aromatic carbocycles. The Labute approximate surface area is 126 Å². The summed E-state index contributed by atoms with van der Waals surface area (Å²) in [6.45, 7) is 6.76. The highest BCUT2D eigenvalue weighted by Gasteiger charge is 2.25. The van der Waals surface area contributed by atoms with Gasteiger partial charge < -0.3 is 14.8 Å². The third kappa shape index (κ3) is 4.65. The van der Waals surface area contributed by atoms with Crippen molar-refractivity contribution >= 4 is 11.6 Å². The van der Waals surface area contributed by atoms with Crippen molar-refractivity contribution in [1.82, 2.24) is 5.32 Å². The molecule has 3 nitrogen and oxygen atoms in total. The average molecular weight is 298 g/mol. The van der Waals surface area contributed by atoms with E-state index in [1.165, 1.54) is 0 Å². The number of ether oxygens (including phenoxy) is 2. The third-order valence-electron chi connectivity index (χ3n) is 3.51. The van der Waals surface area contributed by atoms with Crippen LogP contribution in [0.25, 0.3) is 0 Å². The first kappa shape index (κ1) is 15.6. The normalized spacial score (nSPS) is 22.1. The monoisotopic (exact) mass is 297 g/mol. The minimum atomic E-state index is 0.181. The van der Waals surface area contributed by atoms with E-state index in [0.717, 1.165) is 43.7 Å². The lowest BCUT2D eigenvalue weighted by Gasteiger charge is -2.15. The number of benzene rings is 1. The number of hydrogen-bond acceptors (Lipinski definition) is 3. The summed E-state index contributed by atoms with van der Waals surface area (Å²) in [6, 6.07) is 5.85. The van der Waals surface area contributed by atoms with Gasteiger partial charge in [0.05, 0.1) is 17.2 Å². The summed E-state index contributed by atoms with van der Waals surface area (Å²) in [5, 5.41) is 4.07. The van der Waals surface area contributed by atoms with Gasteiger partial charge in [-0.25, -0.2) is 0 Å². The molecule has 0 saturated carbocycles. The summed E-state index contributed by atoms with van der Waals surface area (Å²) in [5.41, 5.74) is 1.14. The van der Waals surface area contributed by atoms with Gasteiger partial charge in [-0.15, -0.1) is 0 Å². The second kappa shape index (κ2) is 7.87. The van der Waals surface area contributed by atoms with Gasteiger partial charge in [-0.1, -0.05) is 24.6 Å². The van der Waals surface area contributed by atoms with E-state index in [-0.39, 0.29) is 6.10 Å². The van der Waals surface area contributed by atoms with Gasteiger partial charge in [-0.05, 0) is 50.4 Å². The fourth-order valence-corrected chi connectivity index (χ4v) is 2.69. The summed E-state index contributed by atoms with van der Waals surface area (Å²) in [7, 11) is 0. The SMILES string of the molecule is CCCNCC1CCC(COc2ccc(C)cc2Cl)O1. The van der Waals surface area contributed by atoms with Gasteiger partial charge in [0.25, 0.3) is 0 Å². The third-order valence-corrected chi connectivity index (χ3v) is 3.80. The average Bonchev–Trinajstić information content (AvgIpc) is 2.86. The van der Waals surface area contributed by atoms with Gasteiger partial charge in [-0.2, -0.15) is 0 Å². The summed E-state index contributed by atoms with van der Waals surface area (Å²) >= 11 is 6.15. The van der Waals surface area contributed by atoms with E-state index in [1.54, 1.807) is 0 Å². The van der Waals surface area contributed by atoms with Gasteiger partial charge >= 0.3 is 0 Å². The van der Waals surface area contributed by atoms with Gasteiger partial charge in [0.15, 0.2) is 0 Å². The maximum Gasteiger partial charge on any atom is 0.138 e.